The van der Waals surface area contributed by atoms with Crippen molar-refractivity contribution in [1.29, 1.82) is 0 Å². The van der Waals surface area contributed by atoms with E-state index < -0.39 is 40.9 Å². The van der Waals surface area contributed by atoms with Crippen molar-refractivity contribution in [2.24, 2.45) is 0 Å². The van der Waals surface area contributed by atoms with E-state index in [-0.39, 0.29) is 28.1 Å². The molecule has 0 aromatic heterocycles. The Balaban J connectivity index is 1.99. The molecule has 0 bridgehead atoms. The van der Waals surface area contributed by atoms with E-state index in [9.17, 15) is 27.9 Å². The van der Waals surface area contributed by atoms with Crippen LogP contribution in [0.4, 0.5) is 18.9 Å². The van der Waals surface area contributed by atoms with E-state index >= 15 is 0 Å². The van der Waals surface area contributed by atoms with E-state index in [1.165, 1.54) is 43.5 Å². The summed E-state index contributed by atoms with van der Waals surface area (Å²) in [6, 6.07) is 12.1. The number of ketones is 1. The molecule has 32 heavy (non-hydrogen) atoms. The zero-order valence-corrected chi connectivity index (χ0v) is 16.7. The maximum Gasteiger partial charge on any atom is 0.300 e. The van der Waals surface area contributed by atoms with Crippen molar-refractivity contribution in [1.82, 2.24) is 0 Å². The summed E-state index contributed by atoms with van der Waals surface area (Å²) in [5.74, 6) is -4.59. The van der Waals surface area contributed by atoms with Crippen molar-refractivity contribution < 1.29 is 32.6 Å². The van der Waals surface area contributed by atoms with Crippen LogP contribution < -0.4 is 9.64 Å². The van der Waals surface area contributed by atoms with Crippen LogP contribution in [0.5, 0.6) is 5.75 Å². The van der Waals surface area contributed by atoms with E-state index in [1.807, 2.05) is 0 Å². The number of aliphatic hydroxyl groups excluding tert-OH is 1. The standard InChI is InChI=1S/C24H16F3NO4/c1-32-19-10-9-16(27)12-18(19)22(29)20-21(13-5-7-14(25)8-6-13)28(24(31)23(20)30)17-4-2-3-15(26)11-17/h2-12,21,29H,1H3/b22-20+. The van der Waals surface area contributed by atoms with Crippen LogP contribution in [-0.2, 0) is 9.59 Å². The quantitative estimate of drug-likeness (QED) is 0.362. The van der Waals surface area contributed by atoms with Gasteiger partial charge in [-0.3, -0.25) is 14.5 Å². The number of hydrogen-bond acceptors (Lipinski definition) is 4. The van der Waals surface area contributed by atoms with Gasteiger partial charge in [-0.1, -0.05) is 18.2 Å². The minimum Gasteiger partial charge on any atom is -0.507 e. The van der Waals surface area contributed by atoms with Crippen LogP contribution in [0.2, 0.25) is 0 Å². The minimum absolute atomic E-state index is 0.0617. The topological polar surface area (TPSA) is 66.8 Å². The molecule has 0 aliphatic carbocycles. The normalized spacial score (nSPS) is 17.6. The summed E-state index contributed by atoms with van der Waals surface area (Å²) >= 11 is 0. The van der Waals surface area contributed by atoms with Gasteiger partial charge in [-0.2, -0.15) is 0 Å². The number of methoxy groups -OCH3 is 1. The number of Topliss-reactive ketones (excluding diaryl/α,β-unsaturated/α-hetero) is 1. The first-order valence-electron chi connectivity index (χ1n) is 9.47. The van der Waals surface area contributed by atoms with E-state index in [1.54, 1.807) is 0 Å². The first-order valence-corrected chi connectivity index (χ1v) is 9.47. The summed E-state index contributed by atoms with van der Waals surface area (Å²) in [7, 11) is 1.30. The Hall–Kier alpha value is -4.07. The van der Waals surface area contributed by atoms with Gasteiger partial charge >= 0.3 is 0 Å². The van der Waals surface area contributed by atoms with Crippen LogP contribution in [0.3, 0.4) is 0 Å². The molecule has 1 amide bonds. The lowest BCUT2D eigenvalue weighted by Crippen LogP contribution is -2.29. The monoisotopic (exact) mass is 439 g/mol. The van der Waals surface area contributed by atoms with Crippen molar-refractivity contribution >= 4 is 23.1 Å². The fourth-order valence-electron chi connectivity index (χ4n) is 3.70. The summed E-state index contributed by atoms with van der Waals surface area (Å²) in [4.78, 5) is 27.0. The molecule has 1 N–H and O–H groups in total. The first kappa shape index (κ1) is 21.2. The highest BCUT2D eigenvalue weighted by molar-refractivity contribution is 6.51. The van der Waals surface area contributed by atoms with Gasteiger partial charge in [0, 0.05) is 5.69 Å². The Bertz CT molecular complexity index is 1250. The number of rotatable bonds is 4. The molecule has 1 atom stereocenters. The number of hydrogen-bond donors (Lipinski definition) is 1. The maximum absolute atomic E-state index is 13.9. The molecule has 162 valence electrons. The van der Waals surface area contributed by atoms with E-state index in [0.717, 1.165) is 35.2 Å². The number of carbonyl (C=O) groups excluding carboxylic acids is 2. The summed E-state index contributed by atoms with van der Waals surface area (Å²) in [5, 5.41) is 11.0. The van der Waals surface area contributed by atoms with Gasteiger partial charge in [-0.15, -0.1) is 0 Å². The molecule has 0 saturated carbocycles. The average Bonchev–Trinajstić information content (AvgIpc) is 3.04. The van der Waals surface area contributed by atoms with Crippen LogP contribution in [-0.4, -0.2) is 23.9 Å². The zero-order valence-electron chi connectivity index (χ0n) is 16.7. The first-order chi connectivity index (χ1) is 15.3. The highest BCUT2D eigenvalue weighted by Gasteiger charge is 2.47. The van der Waals surface area contributed by atoms with E-state index in [0.29, 0.717) is 0 Å². The second kappa shape index (κ2) is 8.22. The van der Waals surface area contributed by atoms with E-state index in [2.05, 4.69) is 0 Å². The second-order valence-corrected chi connectivity index (χ2v) is 7.05. The Labute approximate surface area is 181 Å². The number of amides is 1. The van der Waals surface area contributed by atoms with Gasteiger partial charge in [0.05, 0.1) is 24.3 Å². The number of halogens is 3. The number of anilines is 1. The third-order valence-electron chi connectivity index (χ3n) is 5.13. The van der Waals surface area contributed by atoms with Crippen LogP contribution in [0.15, 0.2) is 72.3 Å². The van der Waals surface area contributed by atoms with Gasteiger partial charge < -0.3 is 9.84 Å². The molecule has 4 rings (SSSR count). The van der Waals surface area contributed by atoms with Crippen molar-refractivity contribution in [3.63, 3.8) is 0 Å². The minimum atomic E-state index is -1.22. The summed E-state index contributed by atoms with van der Waals surface area (Å²) in [5.41, 5.74) is -0.162. The lowest BCUT2D eigenvalue weighted by atomic mass is 9.94. The lowest BCUT2D eigenvalue weighted by molar-refractivity contribution is -0.132. The number of benzene rings is 3. The lowest BCUT2D eigenvalue weighted by Gasteiger charge is -2.25. The van der Waals surface area contributed by atoms with Crippen molar-refractivity contribution in [2.75, 3.05) is 12.0 Å². The van der Waals surface area contributed by atoms with Crippen LogP contribution in [0.25, 0.3) is 5.76 Å². The van der Waals surface area contributed by atoms with Crippen molar-refractivity contribution in [2.45, 2.75) is 6.04 Å². The summed E-state index contributed by atoms with van der Waals surface area (Å²) < 4.78 is 46.5. The van der Waals surface area contributed by atoms with Gasteiger partial charge in [-0.25, -0.2) is 13.2 Å². The maximum atomic E-state index is 13.9. The second-order valence-electron chi connectivity index (χ2n) is 7.05. The molecule has 3 aromatic carbocycles. The molecule has 5 nitrogen and oxygen atoms in total. The molecular weight excluding hydrogens is 423 g/mol. The molecule has 1 unspecified atom stereocenters. The molecule has 1 heterocycles. The van der Waals surface area contributed by atoms with Gasteiger partial charge in [0.25, 0.3) is 11.7 Å². The Morgan fingerprint density at radius 1 is 0.906 bits per heavy atom. The SMILES string of the molecule is COc1ccc(F)cc1/C(O)=C1\C(=O)C(=O)N(c2cccc(F)c2)C1c1ccc(F)cc1. The molecule has 1 fully saturated rings. The van der Waals surface area contributed by atoms with E-state index in [4.69, 9.17) is 4.74 Å². The Morgan fingerprint density at radius 2 is 1.56 bits per heavy atom. The number of nitrogens with zero attached hydrogens (tertiary/aromatic N) is 1. The molecule has 0 radical (unpaired) electrons. The van der Waals surface area contributed by atoms with Crippen LogP contribution in [0, 0.1) is 17.5 Å². The summed E-state index contributed by atoms with van der Waals surface area (Å²) in [6.45, 7) is 0. The van der Waals surface area contributed by atoms with Gasteiger partial charge in [0.2, 0.25) is 0 Å². The Morgan fingerprint density at radius 3 is 2.22 bits per heavy atom. The smallest absolute Gasteiger partial charge is 0.300 e. The fraction of sp³-hybridized carbons (Fsp3) is 0.0833. The highest BCUT2D eigenvalue weighted by Crippen LogP contribution is 2.43. The zero-order chi connectivity index (χ0) is 23.0. The molecule has 3 aromatic rings. The fourth-order valence-corrected chi connectivity index (χ4v) is 3.70. The number of aliphatic hydroxyl groups is 1. The number of ether oxygens (including phenoxy) is 1. The summed E-state index contributed by atoms with van der Waals surface area (Å²) in [6.07, 6.45) is 0. The predicted molar refractivity (Wildman–Crippen MR) is 111 cm³/mol. The van der Waals surface area contributed by atoms with Gasteiger partial charge in [0.1, 0.15) is 29.0 Å². The third kappa shape index (κ3) is 3.60. The van der Waals surface area contributed by atoms with Crippen molar-refractivity contribution in [3.05, 3.63) is 101 Å². The predicted octanol–water partition coefficient (Wildman–Crippen LogP) is 4.74. The molecule has 1 aliphatic heterocycles. The highest BCUT2D eigenvalue weighted by atomic mass is 19.1. The Kier molecular flexibility index (Phi) is 5.44. The average molecular weight is 439 g/mol. The largest absolute Gasteiger partial charge is 0.507 e. The van der Waals surface area contributed by atoms with Crippen LogP contribution >= 0.6 is 0 Å². The molecule has 0 spiro atoms. The number of carbonyl (C=O) groups is 2. The molecular formula is C24H16F3NO4. The van der Waals surface area contributed by atoms with Gasteiger partial charge in [-0.05, 0) is 54.1 Å². The van der Waals surface area contributed by atoms with Crippen LogP contribution in [0.1, 0.15) is 17.2 Å². The van der Waals surface area contributed by atoms with Gasteiger partial charge in [0.15, 0.2) is 0 Å². The third-order valence-corrected chi connectivity index (χ3v) is 5.13. The molecule has 8 heteroatoms. The van der Waals surface area contributed by atoms with Crippen molar-refractivity contribution in [3.8, 4) is 5.75 Å². The molecule has 1 aliphatic rings. The molecule has 1 saturated heterocycles.